The number of carbonyl (C=O) groups is 1. The number of carbonyl (C=O) groups excluding carboxylic acids is 1. The van der Waals surface area contributed by atoms with Crippen LogP contribution in [0.3, 0.4) is 0 Å². The minimum absolute atomic E-state index is 0.0526. The van der Waals surface area contributed by atoms with E-state index >= 15 is 0 Å². The van der Waals surface area contributed by atoms with Crippen molar-refractivity contribution in [3.63, 3.8) is 0 Å². The summed E-state index contributed by atoms with van der Waals surface area (Å²) in [5.41, 5.74) is 2.93. The normalized spacial score (nSPS) is 13.4. The predicted octanol–water partition coefficient (Wildman–Crippen LogP) is 3.28. The number of nitrogens with zero attached hydrogens (tertiary/aromatic N) is 2. The van der Waals surface area contributed by atoms with E-state index < -0.39 is 0 Å². The average molecular weight is 444 g/mol. The van der Waals surface area contributed by atoms with E-state index in [-0.39, 0.29) is 18.1 Å². The van der Waals surface area contributed by atoms with Crippen molar-refractivity contribution >= 4 is 39.2 Å². The topological polar surface area (TPSA) is 84.2 Å². The molecule has 8 heteroatoms. The number of thiophene rings is 1. The van der Waals surface area contributed by atoms with Crippen LogP contribution in [0.15, 0.2) is 34.2 Å². The second-order valence-electron chi connectivity index (χ2n) is 7.47. The Morgan fingerprint density at radius 3 is 2.80 bits per heavy atom. The summed E-state index contributed by atoms with van der Waals surface area (Å²) in [7, 11) is 1.80. The van der Waals surface area contributed by atoms with E-state index in [1.165, 1.54) is 28.6 Å². The molecule has 0 saturated heterocycles. The Bertz CT molecular complexity index is 1120. The second-order valence-corrected chi connectivity index (χ2v) is 9.49. The van der Waals surface area contributed by atoms with Gasteiger partial charge in [0.1, 0.15) is 4.83 Å². The number of nitrogens with one attached hydrogen (secondary N) is 1. The lowest BCUT2D eigenvalue weighted by molar-refractivity contribution is 0.0951. The molecule has 0 aliphatic heterocycles. The number of amides is 1. The Labute approximate surface area is 183 Å². The predicted molar refractivity (Wildman–Crippen MR) is 122 cm³/mol. The molecular formula is C22H25N3O3S2. The minimum Gasteiger partial charge on any atom is -0.396 e. The molecule has 0 bridgehead atoms. The molecule has 4 rings (SSSR count). The quantitative estimate of drug-likeness (QED) is 0.333. The van der Waals surface area contributed by atoms with E-state index in [0.717, 1.165) is 40.2 Å². The molecule has 1 aromatic carbocycles. The lowest BCUT2D eigenvalue weighted by Gasteiger charge is -2.11. The molecule has 3 aromatic rings. The summed E-state index contributed by atoms with van der Waals surface area (Å²) in [6, 6.07) is 7.45. The monoisotopic (exact) mass is 443 g/mol. The maximum absolute atomic E-state index is 13.0. The van der Waals surface area contributed by atoms with Crippen LogP contribution in [-0.2, 0) is 25.6 Å². The maximum atomic E-state index is 13.0. The summed E-state index contributed by atoms with van der Waals surface area (Å²) in [5.74, 6) is 0.530. The highest BCUT2D eigenvalue weighted by Gasteiger charge is 2.21. The molecule has 6 nitrogen and oxygen atoms in total. The Morgan fingerprint density at radius 1 is 1.27 bits per heavy atom. The molecule has 30 heavy (non-hydrogen) atoms. The summed E-state index contributed by atoms with van der Waals surface area (Å²) in [4.78, 5) is 32.0. The molecule has 1 aliphatic rings. The van der Waals surface area contributed by atoms with Crippen molar-refractivity contribution in [1.82, 2.24) is 14.9 Å². The largest absolute Gasteiger partial charge is 0.396 e. The minimum atomic E-state index is -0.140. The van der Waals surface area contributed by atoms with Crippen molar-refractivity contribution in [3.8, 4) is 0 Å². The molecule has 0 spiro atoms. The highest BCUT2D eigenvalue weighted by Crippen LogP contribution is 2.34. The zero-order valence-corrected chi connectivity index (χ0v) is 18.6. The van der Waals surface area contributed by atoms with Crippen molar-refractivity contribution in [2.45, 2.75) is 43.0 Å². The number of hydrogen-bond donors (Lipinski definition) is 2. The fraction of sp³-hybridized carbons (Fsp3) is 0.409. The zero-order chi connectivity index (χ0) is 21.1. The number of hydrogen-bond acceptors (Lipinski definition) is 6. The molecule has 0 unspecified atom stereocenters. The molecule has 0 fully saturated rings. The number of aryl methyl sites for hydroxylation is 2. The summed E-state index contributed by atoms with van der Waals surface area (Å²) < 4.78 is 1.66. The number of fused-ring (bicyclic) bond motifs is 3. The first kappa shape index (κ1) is 21.1. The van der Waals surface area contributed by atoms with Crippen molar-refractivity contribution < 1.29 is 9.90 Å². The first-order valence-corrected chi connectivity index (χ1v) is 12.0. The van der Waals surface area contributed by atoms with Crippen LogP contribution < -0.4 is 10.9 Å². The van der Waals surface area contributed by atoms with Gasteiger partial charge in [0.15, 0.2) is 5.16 Å². The Balaban J connectivity index is 1.48. The third-order valence-corrected chi connectivity index (χ3v) is 7.65. The Morgan fingerprint density at radius 2 is 2.03 bits per heavy atom. The molecule has 1 aliphatic carbocycles. The average Bonchev–Trinajstić information content (AvgIpc) is 3.14. The van der Waals surface area contributed by atoms with Crippen LogP contribution in [0.2, 0.25) is 0 Å². The van der Waals surface area contributed by atoms with Gasteiger partial charge in [-0.15, -0.1) is 11.3 Å². The van der Waals surface area contributed by atoms with Gasteiger partial charge >= 0.3 is 0 Å². The molecule has 1 amide bonds. The molecule has 0 saturated carbocycles. The summed E-state index contributed by atoms with van der Waals surface area (Å²) >= 11 is 3.21. The van der Waals surface area contributed by atoms with E-state index in [1.807, 2.05) is 12.1 Å². The number of aromatic nitrogens is 2. The van der Waals surface area contributed by atoms with Crippen molar-refractivity contribution in [2.75, 3.05) is 13.2 Å². The van der Waals surface area contributed by atoms with Crippen LogP contribution in [-0.4, -0.2) is 33.7 Å². The number of aliphatic hydroxyl groups excluding tert-OH is 1. The molecule has 2 heterocycles. The summed E-state index contributed by atoms with van der Waals surface area (Å²) in [6.45, 7) is 0.522. The van der Waals surface area contributed by atoms with Gasteiger partial charge in [-0.1, -0.05) is 23.9 Å². The first-order chi connectivity index (χ1) is 14.6. The summed E-state index contributed by atoms with van der Waals surface area (Å²) in [5, 5.41) is 13.1. The zero-order valence-electron chi connectivity index (χ0n) is 16.9. The van der Waals surface area contributed by atoms with E-state index in [4.69, 9.17) is 10.1 Å². The molecule has 2 N–H and O–H groups in total. The Kier molecular flexibility index (Phi) is 6.55. The SMILES string of the molecule is Cn1c(SCc2ccc(C(=O)NCCCO)cc2)nc2sc3c(c2c1=O)CCCC3. The van der Waals surface area contributed by atoms with Gasteiger partial charge in [-0.3, -0.25) is 14.2 Å². The van der Waals surface area contributed by atoms with Crippen LogP contribution in [0.1, 0.15) is 45.6 Å². The van der Waals surface area contributed by atoms with Crippen molar-refractivity contribution in [1.29, 1.82) is 0 Å². The molecular weight excluding hydrogens is 418 g/mol. The van der Waals surface area contributed by atoms with Gasteiger partial charge < -0.3 is 10.4 Å². The van der Waals surface area contributed by atoms with Crippen molar-refractivity contribution in [3.05, 3.63) is 56.2 Å². The third-order valence-electron chi connectivity index (χ3n) is 5.36. The van der Waals surface area contributed by atoms with Crippen LogP contribution in [0.5, 0.6) is 0 Å². The smallest absolute Gasteiger partial charge is 0.262 e. The third kappa shape index (κ3) is 4.31. The van der Waals surface area contributed by atoms with E-state index in [1.54, 1.807) is 35.1 Å². The maximum Gasteiger partial charge on any atom is 0.262 e. The second kappa shape index (κ2) is 9.32. The van der Waals surface area contributed by atoms with Crippen LogP contribution in [0.4, 0.5) is 0 Å². The highest BCUT2D eigenvalue weighted by atomic mass is 32.2. The molecule has 0 atom stereocenters. The van der Waals surface area contributed by atoms with E-state index in [2.05, 4.69) is 5.32 Å². The number of aliphatic hydroxyl groups is 1. The van der Waals surface area contributed by atoms with Gasteiger partial charge in [0.2, 0.25) is 0 Å². The van der Waals surface area contributed by atoms with Gasteiger partial charge in [-0.2, -0.15) is 0 Å². The number of thioether (sulfide) groups is 1. The van der Waals surface area contributed by atoms with Crippen LogP contribution in [0.25, 0.3) is 10.2 Å². The fourth-order valence-electron chi connectivity index (χ4n) is 3.68. The van der Waals surface area contributed by atoms with Gasteiger partial charge in [0.05, 0.1) is 5.39 Å². The highest BCUT2D eigenvalue weighted by molar-refractivity contribution is 7.98. The first-order valence-electron chi connectivity index (χ1n) is 10.2. The van der Waals surface area contributed by atoms with E-state index in [9.17, 15) is 9.59 Å². The molecule has 0 radical (unpaired) electrons. The summed E-state index contributed by atoms with van der Waals surface area (Å²) in [6.07, 6.45) is 4.93. The van der Waals surface area contributed by atoms with Gasteiger partial charge in [0.25, 0.3) is 11.5 Å². The lowest BCUT2D eigenvalue weighted by Crippen LogP contribution is -2.24. The standard InChI is InChI=1S/C22H25N3O3S2/c1-25-21(28)18-16-5-2-3-6-17(16)30-20(18)24-22(25)29-13-14-7-9-15(10-8-14)19(27)23-11-4-12-26/h7-10,26H,2-6,11-13H2,1H3,(H,23,27). The molecule has 158 valence electrons. The number of benzene rings is 1. The molecule has 2 aromatic heterocycles. The van der Waals surface area contributed by atoms with Crippen molar-refractivity contribution in [2.24, 2.45) is 7.05 Å². The van der Waals surface area contributed by atoms with Gasteiger partial charge in [0, 0.05) is 36.4 Å². The number of rotatable bonds is 7. The van der Waals surface area contributed by atoms with E-state index in [0.29, 0.717) is 24.3 Å². The lowest BCUT2D eigenvalue weighted by atomic mass is 9.97. The van der Waals surface area contributed by atoms with Crippen LogP contribution in [0, 0.1) is 0 Å². The van der Waals surface area contributed by atoms with Gasteiger partial charge in [-0.05, 0) is 55.4 Å². The Hall–Kier alpha value is -2.16. The van der Waals surface area contributed by atoms with Crippen LogP contribution >= 0.6 is 23.1 Å². The van der Waals surface area contributed by atoms with Gasteiger partial charge in [-0.25, -0.2) is 4.98 Å². The fourth-order valence-corrected chi connectivity index (χ4v) is 5.91.